The Balaban J connectivity index is 4.28. The van der Waals surface area contributed by atoms with Crippen molar-refractivity contribution in [2.24, 2.45) is 5.41 Å². The summed E-state index contributed by atoms with van der Waals surface area (Å²) in [5.74, 6) is 0. The second-order valence-corrected chi connectivity index (χ2v) is 2.01. The molecule has 0 fully saturated rings. The van der Waals surface area contributed by atoms with Crippen LogP contribution in [0.5, 0.6) is 0 Å². The smallest absolute Gasteiger partial charge is 0.143 e. The standard InChI is InChI=1S/C7H10N2/c1-3-7(4-2,5-8)6-9/h3-4H2,1-2H3. The predicted octanol–water partition coefficient (Wildman–Crippen LogP) is 1.84. The molecule has 0 aliphatic heterocycles. The highest BCUT2D eigenvalue weighted by Crippen LogP contribution is 2.22. The van der Waals surface area contributed by atoms with Gasteiger partial charge in [-0.3, -0.25) is 0 Å². The summed E-state index contributed by atoms with van der Waals surface area (Å²) < 4.78 is 0. The van der Waals surface area contributed by atoms with Crippen molar-refractivity contribution in [3.63, 3.8) is 0 Å². The largest absolute Gasteiger partial charge is 0.197 e. The molecule has 2 heteroatoms. The summed E-state index contributed by atoms with van der Waals surface area (Å²) in [6, 6.07) is 4.01. The van der Waals surface area contributed by atoms with Crippen molar-refractivity contribution in [3.05, 3.63) is 0 Å². The molecule has 0 rings (SSSR count). The fraction of sp³-hybridized carbons (Fsp3) is 0.714. The van der Waals surface area contributed by atoms with Gasteiger partial charge >= 0.3 is 0 Å². The summed E-state index contributed by atoms with van der Waals surface area (Å²) in [4.78, 5) is 0. The SMILES string of the molecule is CCC(C#N)(C#N)CC. The van der Waals surface area contributed by atoms with E-state index in [1.54, 1.807) is 0 Å². The molecule has 0 aromatic heterocycles. The lowest BCUT2D eigenvalue weighted by Gasteiger charge is -2.10. The molecule has 0 unspecified atom stereocenters. The van der Waals surface area contributed by atoms with Crippen LogP contribution in [0.2, 0.25) is 0 Å². The van der Waals surface area contributed by atoms with Crippen LogP contribution in [0.25, 0.3) is 0 Å². The molecule has 0 N–H and O–H groups in total. The van der Waals surface area contributed by atoms with Crippen LogP contribution in [0.15, 0.2) is 0 Å². The Morgan fingerprint density at radius 1 is 1.11 bits per heavy atom. The maximum absolute atomic E-state index is 8.50. The maximum atomic E-state index is 8.50. The molecular formula is C7H10N2. The zero-order valence-electron chi connectivity index (χ0n) is 5.81. The zero-order chi connectivity index (χ0) is 7.33. The van der Waals surface area contributed by atoms with E-state index in [2.05, 4.69) is 0 Å². The van der Waals surface area contributed by atoms with Crippen molar-refractivity contribution in [2.75, 3.05) is 0 Å². The lowest BCUT2D eigenvalue weighted by molar-refractivity contribution is 0.484. The number of hydrogen-bond donors (Lipinski definition) is 0. The lowest BCUT2D eigenvalue weighted by Crippen LogP contribution is -2.12. The molecule has 0 aliphatic rings. The first-order valence-corrected chi connectivity index (χ1v) is 3.07. The van der Waals surface area contributed by atoms with Gasteiger partial charge in [0.2, 0.25) is 0 Å². The maximum Gasteiger partial charge on any atom is 0.143 e. The first kappa shape index (κ1) is 7.98. The fourth-order valence-corrected chi connectivity index (χ4v) is 0.591. The van der Waals surface area contributed by atoms with Gasteiger partial charge in [0, 0.05) is 0 Å². The van der Waals surface area contributed by atoms with Crippen LogP contribution < -0.4 is 0 Å². The van der Waals surface area contributed by atoms with E-state index < -0.39 is 5.41 Å². The topological polar surface area (TPSA) is 47.6 Å². The Bertz CT molecular complexity index is 139. The molecule has 2 nitrogen and oxygen atoms in total. The summed E-state index contributed by atoms with van der Waals surface area (Å²) in [7, 11) is 0. The molecule has 48 valence electrons. The second-order valence-electron chi connectivity index (χ2n) is 2.01. The Morgan fingerprint density at radius 2 is 1.44 bits per heavy atom. The summed E-state index contributed by atoms with van der Waals surface area (Å²) >= 11 is 0. The van der Waals surface area contributed by atoms with E-state index in [1.165, 1.54) is 0 Å². The van der Waals surface area contributed by atoms with Crippen LogP contribution in [-0.4, -0.2) is 0 Å². The molecule has 0 aliphatic carbocycles. The normalized spacial score (nSPS) is 9.78. The van der Waals surface area contributed by atoms with E-state index >= 15 is 0 Å². The summed E-state index contributed by atoms with van der Waals surface area (Å²) in [5, 5.41) is 17.0. The summed E-state index contributed by atoms with van der Waals surface area (Å²) in [5.41, 5.74) is -0.722. The highest BCUT2D eigenvalue weighted by Gasteiger charge is 2.24. The second kappa shape index (κ2) is 3.10. The van der Waals surface area contributed by atoms with Gasteiger partial charge in [0.25, 0.3) is 0 Å². The average molecular weight is 122 g/mol. The average Bonchev–Trinajstić information content (AvgIpc) is 1.95. The van der Waals surface area contributed by atoms with Crippen molar-refractivity contribution < 1.29 is 0 Å². The molecule has 0 radical (unpaired) electrons. The van der Waals surface area contributed by atoms with Gasteiger partial charge in [0.15, 0.2) is 0 Å². The van der Waals surface area contributed by atoms with Crippen LogP contribution >= 0.6 is 0 Å². The van der Waals surface area contributed by atoms with Gasteiger partial charge in [-0.2, -0.15) is 10.5 Å². The van der Waals surface area contributed by atoms with Crippen molar-refractivity contribution >= 4 is 0 Å². The van der Waals surface area contributed by atoms with E-state index in [0.29, 0.717) is 12.8 Å². The molecule has 0 aromatic carbocycles. The van der Waals surface area contributed by atoms with Gasteiger partial charge in [-0.15, -0.1) is 0 Å². The highest BCUT2D eigenvalue weighted by atomic mass is 14.4. The quantitative estimate of drug-likeness (QED) is 0.561. The molecule has 0 heterocycles. The van der Waals surface area contributed by atoms with Crippen LogP contribution in [0.3, 0.4) is 0 Å². The molecule has 0 saturated carbocycles. The molecule has 0 amide bonds. The molecule has 0 atom stereocenters. The van der Waals surface area contributed by atoms with Gasteiger partial charge in [-0.05, 0) is 12.8 Å². The molecule has 0 saturated heterocycles. The molecular weight excluding hydrogens is 112 g/mol. The Labute approximate surface area is 55.7 Å². The third-order valence-electron chi connectivity index (χ3n) is 1.64. The van der Waals surface area contributed by atoms with Gasteiger partial charge in [0.1, 0.15) is 5.41 Å². The minimum Gasteiger partial charge on any atom is -0.197 e. The van der Waals surface area contributed by atoms with Crippen LogP contribution in [0.1, 0.15) is 26.7 Å². The Morgan fingerprint density at radius 3 is 1.44 bits per heavy atom. The third kappa shape index (κ3) is 1.44. The van der Waals surface area contributed by atoms with Gasteiger partial charge in [-0.25, -0.2) is 0 Å². The van der Waals surface area contributed by atoms with Crippen molar-refractivity contribution in [2.45, 2.75) is 26.7 Å². The van der Waals surface area contributed by atoms with Crippen LogP contribution in [0.4, 0.5) is 0 Å². The number of rotatable bonds is 2. The first-order valence-electron chi connectivity index (χ1n) is 3.07. The summed E-state index contributed by atoms with van der Waals surface area (Å²) in [6.45, 7) is 3.71. The van der Waals surface area contributed by atoms with Crippen LogP contribution in [0, 0.1) is 28.1 Å². The zero-order valence-corrected chi connectivity index (χ0v) is 5.81. The van der Waals surface area contributed by atoms with E-state index in [0.717, 1.165) is 0 Å². The molecule has 0 aromatic rings. The van der Waals surface area contributed by atoms with Gasteiger partial charge in [-0.1, -0.05) is 13.8 Å². The predicted molar refractivity (Wildman–Crippen MR) is 34.2 cm³/mol. The van der Waals surface area contributed by atoms with Crippen molar-refractivity contribution in [1.82, 2.24) is 0 Å². The third-order valence-corrected chi connectivity index (χ3v) is 1.64. The van der Waals surface area contributed by atoms with Crippen molar-refractivity contribution in [3.8, 4) is 12.1 Å². The molecule has 0 spiro atoms. The number of hydrogen-bond acceptors (Lipinski definition) is 2. The number of nitriles is 2. The van der Waals surface area contributed by atoms with Crippen LogP contribution in [-0.2, 0) is 0 Å². The van der Waals surface area contributed by atoms with Gasteiger partial charge in [0.05, 0.1) is 12.1 Å². The lowest BCUT2D eigenvalue weighted by atomic mass is 9.86. The van der Waals surface area contributed by atoms with Gasteiger partial charge < -0.3 is 0 Å². The van der Waals surface area contributed by atoms with E-state index in [4.69, 9.17) is 10.5 Å². The van der Waals surface area contributed by atoms with Crippen molar-refractivity contribution in [1.29, 1.82) is 10.5 Å². The highest BCUT2D eigenvalue weighted by molar-refractivity contribution is 5.11. The van der Waals surface area contributed by atoms with E-state index in [1.807, 2.05) is 26.0 Å². The number of nitrogens with zero attached hydrogens (tertiary/aromatic N) is 2. The summed E-state index contributed by atoms with van der Waals surface area (Å²) in [6.07, 6.45) is 1.24. The van der Waals surface area contributed by atoms with E-state index in [-0.39, 0.29) is 0 Å². The minimum absolute atomic E-state index is 0.622. The first-order chi connectivity index (χ1) is 4.24. The monoisotopic (exact) mass is 122 g/mol. The Kier molecular flexibility index (Phi) is 2.74. The molecule has 0 bridgehead atoms. The van der Waals surface area contributed by atoms with E-state index in [9.17, 15) is 0 Å². The minimum atomic E-state index is -0.722. The fourth-order valence-electron chi connectivity index (χ4n) is 0.591. The Hall–Kier alpha value is -1.02. The molecule has 9 heavy (non-hydrogen) atoms.